The second-order valence-corrected chi connectivity index (χ2v) is 6.72. The molecule has 178 valence electrons. The summed E-state index contributed by atoms with van der Waals surface area (Å²) in [6.45, 7) is 1.92. The lowest BCUT2D eigenvalue weighted by Gasteiger charge is -2.21. The lowest BCUT2D eigenvalue weighted by molar-refractivity contribution is -0.385. The minimum absolute atomic E-state index is 0.108. The van der Waals surface area contributed by atoms with E-state index in [1.54, 1.807) is 31.2 Å². The number of likely N-dealkylation sites (N-methyl/N-ethyl adjacent to an activating group) is 1. The average molecular weight is 461 g/mol. The molecular formula is C22H27N3O8. The van der Waals surface area contributed by atoms with E-state index in [0.29, 0.717) is 11.4 Å². The lowest BCUT2D eigenvalue weighted by atomic mass is 10.1. The molecule has 11 heteroatoms. The topological polar surface area (TPSA) is 129 Å². The predicted molar refractivity (Wildman–Crippen MR) is 120 cm³/mol. The van der Waals surface area contributed by atoms with E-state index in [0.717, 1.165) is 6.07 Å². The molecule has 2 aromatic carbocycles. The van der Waals surface area contributed by atoms with E-state index < -0.39 is 22.4 Å². The van der Waals surface area contributed by atoms with Crippen LogP contribution in [0.1, 0.15) is 17.3 Å². The maximum absolute atomic E-state index is 13.1. The van der Waals surface area contributed by atoms with Crippen LogP contribution in [-0.4, -0.2) is 69.3 Å². The van der Waals surface area contributed by atoms with Crippen molar-refractivity contribution in [2.45, 2.75) is 6.92 Å². The van der Waals surface area contributed by atoms with Gasteiger partial charge in [-0.3, -0.25) is 19.7 Å². The van der Waals surface area contributed by atoms with Gasteiger partial charge in [0.1, 0.15) is 24.5 Å². The molecule has 0 aliphatic rings. The Labute approximate surface area is 191 Å². The number of hydrogen-bond donors (Lipinski definition) is 1. The molecule has 2 aromatic rings. The first kappa shape index (κ1) is 25.4. The van der Waals surface area contributed by atoms with Crippen LogP contribution in [0.5, 0.6) is 17.2 Å². The van der Waals surface area contributed by atoms with Gasteiger partial charge < -0.3 is 29.2 Å². The highest BCUT2D eigenvalue weighted by atomic mass is 16.6. The van der Waals surface area contributed by atoms with Gasteiger partial charge >= 0.3 is 0 Å². The molecule has 11 nitrogen and oxygen atoms in total. The van der Waals surface area contributed by atoms with E-state index in [1.807, 2.05) is 0 Å². The number of hydrogen-bond acceptors (Lipinski definition) is 8. The summed E-state index contributed by atoms with van der Waals surface area (Å²) in [5.74, 6) is -0.334. The third kappa shape index (κ3) is 6.81. The number of amides is 2. The lowest BCUT2D eigenvalue weighted by Crippen LogP contribution is -2.38. The van der Waals surface area contributed by atoms with Crippen LogP contribution < -0.4 is 19.5 Å². The van der Waals surface area contributed by atoms with Crippen LogP contribution in [0.3, 0.4) is 0 Å². The van der Waals surface area contributed by atoms with Gasteiger partial charge in [0.2, 0.25) is 5.91 Å². The molecule has 1 N–H and O–H groups in total. The summed E-state index contributed by atoms with van der Waals surface area (Å²) in [7, 11) is 4.36. The zero-order chi connectivity index (χ0) is 24.4. The van der Waals surface area contributed by atoms with Gasteiger partial charge in [0.05, 0.1) is 31.8 Å². The Kier molecular flexibility index (Phi) is 9.43. The van der Waals surface area contributed by atoms with Crippen molar-refractivity contribution in [1.82, 2.24) is 4.90 Å². The summed E-state index contributed by atoms with van der Waals surface area (Å²) in [5.41, 5.74) is -0.181. The monoisotopic (exact) mass is 461 g/mol. The number of nitro benzene ring substituents is 1. The van der Waals surface area contributed by atoms with Crippen molar-refractivity contribution in [1.29, 1.82) is 0 Å². The van der Waals surface area contributed by atoms with Crippen molar-refractivity contribution >= 4 is 23.2 Å². The van der Waals surface area contributed by atoms with Crippen LogP contribution in [0, 0.1) is 10.1 Å². The Bertz CT molecular complexity index is 996. The average Bonchev–Trinajstić information content (AvgIpc) is 2.81. The van der Waals surface area contributed by atoms with Crippen LogP contribution >= 0.6 is 0 Å². The van der Waals surface area contributed by atoms with E-state index in [9.17, 15) is 19.7 Å². The fourth-order valence-electron chi connectivity index (χ4n) is 2.95. The molecule has 0 saturated carbocycles. The van der Waals surface area contributed by atoms with Crippen molar-refractivity contribution in [3.05, 3.63) is 52.1 Å². The summed E-state index contributed by atoms with van der Waals surface area (Å²) in [5, 5.41) is 14.3. The maximum Gasteiger partial charge on any atom is 0.286 e. The van der Waals surface area contributed by atoms with Crippen molar-refractivity contribution in [3.63, 3.8) is 0 Å². The molecule has 2 rings (SSSR count). The van der Waals surface area contributed by atoms with E-state index in [-0.39, 0.29) is 43.4 Å². The molecule has 0 fully saturated rings. The first-order chi connectivity index (χ1) is 15.8. The standard InChI is InChI=1S/C22H27N3O8/c1-5-24(14-21(26)23-15-7-6-8-16(11-15)31-3)22(27)17-12-19(32-4)20(33-10-9-30-2)13-18(17)25(28)29/h6-8,11-13H,5,9-10,14H2,1-4H3,(H,23,26). The molecule has 0 bridgehead atoms. The first-order valence-corrected chi connectivity index (χ1v) is 10.1. The van der Waals surface area contributed by atoms with Crippen LogP contribution in [0.15, 0.2) is 36.4 Å². The molecule has 0 heterocycles. The quantitative estimate of drug-likeness (QED) is 0.290. The van der Waals surface area contributed by atoms with E-state index in [2.05, 4.69) is 5.32 Å². The van der Waals surface area contributed by atoms with Crippen LogP contribution in [0.25, 0.3) is 0 Å². The van der Waals surface area contributed by atoms with Gasteiger partial charge in [0.25, 0.3) is 11.6 Å². The fourth-order valence-corrected chi connectivity index (χ4v) is 2.95. The minimum atomic E-state index is -0.688. The van der Waals surface area contributed by atoms with Crippen LogP contribution in [-0.2, 0) is 9.53 Å². The molecule has 0 atom stereocenters. The number of nitrogens with zero attached hydrogens (tertiary/aromatic N) is 2. The van der Waals surface area contributed by atoms with Crippen LogP contribution in [0.4, 0.5) is 11.4 Å². The van der Waals surface area contributed by atoms with Gasteiger partial charge in [-0.05, 0) is 19.1 Å². The molecule has 0 unspecified atom stereocenters. The number of ether oxygens (including phenoxy) is 4. The Hall–Kier alpha value is -3.86. The van der Waals surface area contributed by atoms with Gasteiger partial charge in [-0.25, -0.2) is 0 Å². The third-order valence-electron chi connectivity index (χ3n) is 4.61. The van der Waals surface area contributed by atoms with Gasteiger partial charge in [0, 0.05) is 31.5 Å². The van der Waals surface area contributed by atoms with Crippen molar-refractivity contribution in [2.24, 2.45) is 0 Å². The Morgan fingerprint density at radius 3 is 2.42 bits per heavy atom. The van der Waals surface area contributed by atoms with E-state index >= 15 is 0 Å². The zero-order valence-electron chi connectivity index (χ0n) is 19.0. The molecule has 0 radical (unpaired) electrons. The van der Waals surface area contributed by atoms with Gasteiger partial charge in [0.15, 0.2) is 11.5 Å². The number of nitro groups is 1. The largest absolute Gasteiger partial charge is 0.497 e. The highest BCUT2D eigenvalue weighted by Gasteiger charge is 2.28. The molecule has 0 spiro atoms. The fraction of sp³-hybridized carbons (Fsp3) is 0.364. The zero-order valence-corrected chi connectivity index (χ0v) is 19.0. The Balaban J connectivity index is 2.26. The first-order valence-electron chi connectivity index (χ1n) is 10.1. The van der Waals surface area contributed by atoms with Crippen LogP contribution in [0.2, 0.25) is 0 Å². The highest BCUT2D eigenvalue weighted by molar-refractivity contribution is 6.02. The molecule has 2 amide bonds. The predicted octanol–water partition coefficient (Wildman–Crippen LogP) is 2.74. The summed E-state index contributed by atoms with van der Waals surface area (Å²) >= 11 is 0. The number of carbonyl (C=O) groups excluding carboxylic acids is 2. The van der Waals surface area contributed by atoms with Gasteiger partial charge in [-0.1, -0.05) is 6.07 Å². The second kappa shape index (κ2) is 12.2. The van der Waals surface area contributed by atoms with Gasteiger partial charge in [-0.2, -0.15) is 0 Å². The summed E-state index contributed by atoms with van der Waals surface area (Å²) in [4.78, 5) is 37.8. The van der Waals surface area contributed by atoms with Crippen molar-refractivity contribution in [2.75, 3.05) is 52.9 Å². The van der Waals surface area contributed by atoms with E-state index in [1.165, 1.54) is 32.3 Å². The minimum Gasteiger partial charge on any atom is -0.497 e. The normalized spacial score (nSPS) is 10.3. The SMILES string of the molecule is CCN(CC(=O)Nc1cccc(OC)c1)C(=O)c1cc(OC)c(OCCOC)cc1[N+](=O)[O-]. The number of anilines is 1. The maximum atomic E-state index is 13.1. The summed E-state index contributed by atoms with van der Waals surface area (Å²) in [6, 6.07) is 9.12. The molecular weight excluding hydrogens is 434 g/mol. The molecule has 0 aromatic heterocycles. The van der Waals surface area contributed by atoms with Crippen molar-refractivity contribution < 1.29 is 33.5 Å². The Morgan fingerprint density at radius 2 is 1.82 bits per heavy atom. The molecule has 33 heavy (non-hydrogen) atoms. The third-order valence-corrected chi connectivity index (χ3v) is 4.61. The molecule has 0 saturated heterocycles. The number of nitrogens with one attached hydrogen (secondary N) is 1. The molecule has 0 aliphatic carbocycles. The van der Waals surface area contributed by atoms with Crippen molar-refractivity contribution in [3.8, 4) is 17.2 Å². The van der Waals surface area contributed by atoms with Gasteiger partial charge in [-0.15, -0.1) is 0 Å². The number of carbonyl (C=O) groups is 2. The number of rotatable bonds is 12. The summed E-state index contributed by atoms with van der Waals surface area (Å²) < 4.78 is 20.8. The smallest absolute Gasteiger partial charge is 0.286 e. The second-order valence-electron chi connectivity index (χ2n) is 6.72. The molecule has 0 aliphatic heterocycles. The Morgan fingerprint density at radius 1 is 1.06 bits per heavy atom. The number of benzene rings is 2. The summed E-state index contributed by atoms with van der Waals surface area (Å²) in [6.07, 6.45) is 0. The number of methoxy groups -OCH3 is 3. The van der Waals surface area contributed by atoms with E-state index in [4.69, 9.17) is 18.9 Å². The highest BCUT2D eigenvalue weighted by Crippen LogP contribution is 2.35.